The summed E-state index contributed by atoms with van der Waals surface area (Å²) in [7, 11) is -2.35. The van der Waals surface area contributed by atoms with E-state index in [9.17, 15) is 17.6 Å². The number of ether oxygens (including phenoxy) is 1. The highest BCUT2D eigenvalue weighted by molar-refractivity contribution is 7.89. The van der Waals surface area contributed by atoms with Crippen molar-refractivity contribution in [1.82, 2.24) is 4.72 Å². The molecule has 1 aliphatic rings. The van der Waals surface area contributed by atoms with E-state index in [0.29, 0.717) is 0 Å². The zero-order valence-electron chi connectivity index (χ0n) is 16.3. The van der Waals surface area contributed by atoms with Crippen LogP contribution in [0.3, 0.4) is 0 Å². The fraction of sp³-hybridized carbons (Fsp3) is 0.381. The van der Waals surface area contributed by atoms with Crippen LogP contribution in [0.15, 0.2) is 47.4 Å². The third-order valence-corrected chi connectivity index (χ3v) is 6.54. The van der Waals surface area contributed by atoms with Gasteiger partial charge in [-0.1, -0.05) is 37.8 Å². The Bertz CT molecular complexity index is 970. The van der Waals surface area contributed by atoms with Crippen molar-refractivity contribution in [3.05, 3.63) is 53.8 Å². The van der Waals surface area contributed by atoms with Gasteiger partial charge in [-0.3, -0.25) is 4.79 Å². The van der Waals surface area contributed by atoms with E-state index in [-0.39, 0.29) is 27.9 Å². The molecule has 0 spiro atoms. The molecule has 0 bridgehead atoms. The number of hydrogen-bond donors (Lipinski definition) is 2. The van der Waals surface area contributed by atoms with Gasteiger partial charge in [-0.2, -0.15) is 0 Å². The molecule has 3 rings (SSSR count). The summed E-state index contributed by atoms with van der Waals surface area (Å²) in [5.41, 5.74) is 0.0175. The number of hydrogen-bond acceptors (Lipinski definition) is 4. The van der Waals surface area contributed by atoms with Gasteiger partial charge in [0.15, 0.2) is 0 Å². The average Bonchev–Trinajstić information content (AvgIpc) is 2.96. The van der Waals surface area contributed by atoms with Crippen molar-refractivity contribution < 1.29 is 22.3 Å². The number of rotatable bonds is 6. The third-order valence-electron chi connectivity index (χ3n) is 5.02. The van der Waals surface area contributed by atoms with Crippen molar-refractivity contribution in [2.75, 3.05) is 12.4 Å². The molecule has 0 unspecified atom stereocenters. The maximum atomic E-state index is 13.9. The highest BCUT2D eigenvalue weighted by atomic mass is 32.2. The van der Waals surface area contributed by atoms with E-state index in [1.54, 1.807) is 6.07 Å². The highest BCUT2D eigenvalue weighted by Gasteiger charge is 2.23. The Morgan fingerprint density at radius 1 is 1.07 bits per heavy atom. The molecule has 0 heterocycles. The fourth-order valence-corrected chi connectivity index (χ4v) is 4.80. The quantitative estimate of drug-likeness (QED) is 0.690. The molecule has 156 valence electrons. The summed E-state index contributed by atoms with van der Waals surface area (Å²) < 4.78 is 47.6. The maximum absolute atomic E-state index is 13.9. The van der Waals surface area contributed by atoms with Gasteiger partial charge in [0.1, 0.15) is 11.6 Å². The largest absolute Gasteiger partial charge is 0.495 e. The second-order valence-electron chi connectivity index (χ2n) is 7.11. The monoisotopic (exact) mass is 420 g/mol. The minimum atomic E-state index is -3.76. The molecule has 0 atom stereocenters. The minimum absolute atomic E-state index is 0.0198. The Hall–Kier alpha value is -2.45. The number of halogens is 1. The summed E-state index contributed by atoms with van der Waals surface area (Å²) in [6.07, 6.45) is 5.86. The van der Waals surface area contributed by atoms with E-state index >= 15 is 0 Å². The van der Waals surface area contributed by atoms with Crippen LogP contribution in [-0.2, 0) is 10.0 Å². The molecule has 0 aliphatic heterocycles. The van der Waals surface area contributed by atoms with E-state index < -0.39 is 21.7 Å². The number of benzene rings is 2. The van der Waals surface area contributed by atoms with Gasteiger partial charge in [-0.25, -0.2) is 17.5 Å². The molecule has 29 heavy (non-hydrogen) atoms. The number of amides is 1. The Morgan fingerprint density at radius 3 is 2.41 bits per heavy atom. The van der Waals surface area contributed by atoms with Crippen molar-refractivity contribution >= 4 is 21.6 Å². The van der Waals surface area contributed by atoms with Crippen molar-refractivity contribution in [2.24, 2.45) is 0 Å². The Balaban J connectivity index is 1.84. The lowest BCUT2D eigenvalue weighted by Crippen LogP contribution is -2.34. The Kier molecular flexibility index (Phi) is 6.87. The van der Waals surface area contributed by atoms with E-state index in [2.05, 4.69) is 10.0 Å². The zero-order chi connectivity index (χ0) is 20.9. The van der Waals surface area contributed by atoms with Crippen LogP contribution in [0.5, 0.6) is 5.75 Å². The third kappa shape index (κ3) is 5.33. The van der Waals surface area contributed by atoms with Crippen LogP contribution < -0.4 is 14.8 Å². The van der Waals surface area contributed by atoms with Crippen molar-refractivity contribution in [3.63, 3.8) is 0 Å². The predicted octanol–water partition coefficient (Wildman–Crippen LogP) is 4.09. The minimum Gasteiger partial charge on any atom is -0.495 e. The van der Waals surface area contributed by atoms with Gasteiger partial charge in [-0.05, 0) is 43.2 Å². The normalized spacial score (nSPS) is 15.5. The van der Waals surface area contributed by atoms with Crippen LogP contribution in [-0.4, -0.2) is 27.5 Å². The van der Waals surface area contributed by atoms with Gasteiger partial charge in [0.05, 0.1) is 23.3 Å². The van der Waals surface area contributed by atoms with Crippen LogP contribution >= 0.6 is 0 Å². The molecular weight excluding hydrogens is 395 g/mol. The summed E-state index contributed by atoms with van der Waals surface area (Å²) >= 11 is 0. The second kappa shape index (κ2) is 9.37. The Labute approximate surface area is 170 Å². The topological polar surface area (TPSA) is 84.5 Å². The average molecular weight is 421 g/mol. The highest BCUT2D eigenvalue weighted by Crippen LogP contribution is 2.29. The van der Waals surface area contributed by atoms with Crippen LogP contribution in [0.2, 0.25) is 0 Å². The van der Waals surface area contributed by atoms with E-state index in [1.165, 1.54) is 43.5 Å². The summed E-state index contributed by atoms with van der Waals surface area (Å²) in [4.78, 5) is 12.5. The van der Waals surface area contributed by atoms with Gasteiger partial charge in [0.25, 0.3) is 5.91 Å². The lowest BCUT2D eigenvalue weighted by Gasteiger charge is -2.18. The first-order chi connectivity index (χ1) is 13.9. The molecule has 1 saturated carbocycles. The predicted molar refractivity (Wildman–Crippen MR) is 109 cm³/mol. The first kappa shape index (κ1) is 21.3. The van der Waals surface area contributed by atoms with Gasteiger partial charge in [-0.15, -0.1) is 0 Å². The number of methoxy groups -OCH3 is 1. The molecule has 0 radical (unpaired) electrons. The lowest BCUT2D eigenvalue weighted by molar-refractivity contribution is 0.102. The fourth-order valence-electron chi connectivity index (χ4n) is 3.47. The SMILES string of the molecule is COc1ccc(S(=O)(=O)NC2CCCCCC2)cc1NC(=O)c1ccccc1F. The molecule has 1 fully saturated rings. The van der Waals surface area contributed by atoms with E-state index in [0.717, 1.165) is 38.5 Å². The molecular formula is C21H25FN2O4S. The van der Waals surface area contributed by atoms with Gasteiger partial charge in [0, 0.05) is 6.04 Å². The summed E-state index contributed by atoms with van der Waals surface area (Å²) in [6, 6.07) is 9.70. The van der Waals surface area contributed by atoms with Crippen molar-refractivity contribution in [1.29, 1.82) is 0 Å². The number of sulfonamides is 1. The first-order valence-corrected chi connectivity index (χ1v) is 11.2. The summed E-state index contributed by atoms with van der Waals surface area (Å²) in [5.74, 6) is -1.07. The number of carbonyl (C=O) groups is 1. The molecule has 2 N–H and O–H groups in total. The molecule has 2 aromatic rings. The van der Waals surface area contributed by atoms with E-state index in [4.69, 9.17) is 4.74 Å². The number of carbonyl (C=O) groups excluding carboxylic acids is 1. The standard InChI is InChI=1S/C21H25FN2O4S/c1-28-20-13-12-16(29(26,27)24-15-8-4-2-3-5-9-15)14-19(20)23-21(25)17-10-6-7-11-18(17)22/h6-7,10-15,24H,2-5,8-9H2,1H3,(H,23,25). The second-order valence-corrected chi connectivity index (χ2v) is 8.82. The first-order valence-electron chi connectivity index (χ1n) is 9.67. The van der Waals surface area contributed by atoms with Crippen molar-refractivity contribution in [2.45, 2.75) is 49.5 Å². The number of anilines is 1. The molecule has 1 aliphatic carbocycles. The molecule has 2 aromatic carbocycles. The zero-order valence-corrected chi connectivity index (χ0v) is 17.1. The van der Waals surface area contributed by atoms with Crippen molar-refractivity contribution in [3.8, 4) is 5.75 Å². The van der Waals surface area contributed by atoms with Crippen LogP contribution in [0, 0.1) is 5.82 Å². The van der Waals surface area contributed by atoms with Crippen LogP contribution in [0.1, 0.15) is 48.9 Å². The Morgan fingerprint density at radius 2 is 1.76 bits per heavy atom. The summed E-state index contributed by atoms with van der Waals surface area (Å²) in [5, 5.41) is 2.55. The molecule has 8 heteroatoms. The van der Waals surface area contributed by atoms with Crippen LogP contribution in [0.25, 0.3) is 0 Å². The maximum Gasteiger partial charge on any atom is 0.258 e. The molecule has 6 nitrogen and oxygen atoms in total. The van der Waals surface area contributed by atoms with E-state index in [1.807, 2.05) is 0 Å². The van der Waals surface area contributed by atoms with Gasteiger partial charge < -0.3 is 10.1 Å². The lowest BCUT2D eigenvalue weighted by atomic mass is 10.1. The van der Waals surface area contributed by atoms with Gasteiger partial charge >= 0.3 is 0 Å². The summed E-state index contributed by atoms with van der Waals surface area (Å²) in [6.45, 7) is 0. The molecule has 0 saturated heterocycles. The molecule has 0 aromatic heterocycles. The smallest absolute Gasteiger partial charge is 0.258 e. The van der Waals surface area contributed by atoms with Crippen LogP contribution in [0.4, 0.5) is 10.1 Å². The molecule has 1 amide bonds. The van der Waals surface area contributed by atoms with Gasteiger partial charge in [0.2, 0.25) is 10.0 Å². The number of nitrogens with one attached hydrogen (secondary N) is 2.